The van der Waals surface area contributed by atoms with Crippen LogP contribution < -0.4 is 0 Å². The van der Waals surface area contributed by atoms with Crippen LogP contribution in [0.15, 0.2) is 41.1 Å². The number of aryl methyl sites for hydroxylation is 1. The van der Waals surface area contributed by atoms with Crippen molar-refractivity contribution in [3.05, 3.63) is 58.1 Å². The van der Waals surface area contributed by atoms with E-state index in [2.05, 4.69) is 25.9 Å². The SMILES string of the molecule is Cc1cc(C(F)F)c(F)cc1-c1ncnc2cc(Br)ccc12. The van der Waals surface area contributed by atoms with Gasteiger partial charge in [-0.1, -0.05) is 15.9 Å². The minimum absolute atomic E-state index is 0.483. The van der Waals surface area contributed by atoms with Gasteiger partial charge in [-0.05, 0) is 42.8 Å². The van der Waals surface area contributed by atoms with E-state index in [0.29, 0.717) is 22.3 Å². The maximum absolute atomic E-state index is 13.9. The molecule has 22 heavy (non-hydrogen) atoms. The van der Waals surface area contributed by atoms with Gasteiger partial charge in [-0.15, -0.1) is 0 Å². The number of aromatic nitrogens is 2. The van der Waals surface area contributed by atoms with E-state index in [1.807, 2.05) is 18.2 Å². The summed E-state index contributed by atoms with van der Waals surface area (Å²) >= 11 is 3.36. The van der Waals surface area contributed by atoms with Gasteiger partial charge in [-0.2, -0.15) is 0 Å². The summed E-state index contributed by atoms with van der Waals surface area (Å²) in [5.74, 6) is -0.931. The van der Waals surface area contributed by atoms with Crippen molar-refractivity contribution in [2.45, 2.75) is 13.3 Å². The molecule has 3 rings (SSSR count). The molecule has 0 radical (unpaired) electrons. The Labute approximate surface area is 133 Å². The second-order valence-electron chi connectivity index (χ2n) is 4.87. The molecule has 0 fully saturated rings. The molecular weight excluding hydrogens is 357 g/mol. The minimum Gasteiger partial charge on any atom is -0.236 e. The van der Waals surface area contributed by atoms with Crippen LogP contribution >= 0.6 is 15.9 Å². The molecule has 0 saturated heterocycles. The smallest absolute Gasteiger partial charge is 0.236 e. The van der Waals surface area contributed by atoms with E-state index in [1.54, 1.807) is 6.92 Å². The minimum atomic E-state index is -2.84. The van der Waals surface area contributed by atoms with Crippen molar-refractivity contribution >= 4 is 26.8 Å². The van der Waals surface area contributed by atoms with Gasteiger partial charge in [-0.25, -0.2) is 23.1 Å². The van der Waals surface area contributed by atoms with Crippen molar-refractivity contribution in [3.63, 3.8) is 0 Å². The third-order valence-electron chi connectivity index (χ3n) is 3.43. The second kappa shape index (κ2) is 5.68. The molecule has 0 aliphatic heterocycles. The summed E-state index contributed by atoms with van der Waals surface area (Å²) in [6, 6.07) is 7.74. The van der Waals surface area contributed by atoms with Crippen molar-refractivity contribution in [3.8, 4) is 11.3 Å². The molecule has 2 aromatic carbocycles. The first kappa shape index (κ1) is 15.0. The quantitative estimate of drug-likeness (QED) is 0.603. The molecule has 0 bridgehead atoms. The summed E-state index contributed by atoms with van der Waals surface area (Å²) < 4.78 is 40.3. The fraction of sp³-hybridized carbons (Fsp3) is 0.125. The number of halogens is 4. The summed E-state index contributed by atoms with van der Waals surface area (Å²) in [6.45, 7) is 1.66. The van der Waals surface area contributed by atoms with Crippen LogP contribution in [0.1, 0.15) is 17.6 Å². The van der Waals surface area contributed by atoms with Gasteiger partial charge in [0.1, 0.15) is 12.1 Å². The van der Waals surface area contributed by atoms with E-state index >= 15 is 0 Å². The second-order valence-corrected chi connectivity index (χ2v) is 5.79. The lowest BCUT2D eigenvalue weighted by molar-refractivity contribution is 0.146. The van der Waals surface area contributed by atoms with E-state index in [-0.39, 0.29) is 0 Å². The van der Waals surface area contributed by atoms with Crippen LogP contribution in [0.5, 0.6) is 0 Å². The average Bonchev–Trinajstić information content (AvgIpc) is 2.48. The largest absolute Gasteiger partial charge is 0.266 e. The molecular formula is C16H10BrF3N2. The lowest BCUT2D eigenvalue weighted by Gasteiger charge is -2.11. The Morgan fingerprint density at radius 3 is 2.59 bits per heavy atom. The summed E-state index contributed by atoms with van der Waals surface area (Å²) in [5, 5.41) is 0.734. The van der Waals surface area contributed by atoms with E-state index < -0.39 is 17.8 Å². The number of hydrogen-bond donors (Lipinski definition) is 0. The molecule has 3 aromatic rings. The van der Waals surface area contributed by atoms with Crippen molar-refractivity contribution in [1.82, 2.24) is 9.97 Å². The zero-order valence-corrected chi connectivity index (χ0v) is 13.0. The van der Waals surface area contributed by atoms with Crippen LogP contribution in [0.4, 0.5) is 13.2 Å². The highest BCUT2D eigenvalue weighted by Gasteiger charge is 2.18. The number of benzene rings is 2. The maximum atomic E-state index is 13.9. The van der Waals surface area contributed by atoms with E-state index in [1.165, 1.54) is 12.4 Å². The van der Waals surface area contributed by atoms with Gasteiger partial charge < -0.3 is 0 Å². The van der Waals surface area contributed by atoms with Crippen molar-refractivity contribution < 1.29 is 13.2 Å². The monoisotopic (exact) mass is 366 g/mol. The molecule has 0 unspecified atom stereocenters. The number of rotatable bonds is 2. The molecule has 0 spiro atoms. The van der Waals surface area contributed by atoms with E-state index in [9.17, 15) is 13.2 Å². The highest BCUT2D eigenvalue weighted by molar-refractivity contribution is 9.10. The summed E-state index contributed by atoms with van der Waals surface area (Å²) in [7, 11) is 0. The van der Waals surface area contributed by atoms with Crippen LogP contribution in [0, 0.1) is 12.7 Å². The van der Waals surface area contributed by atoms with Gasteiger partial charge in [0.05, 0.1) is 16.8 Å². The van der Waals surface area contributed by atoms with E-state index in [4.69, 9.17) is 0 Å². The van der Waals surface area contributed by atoms with Crippen LogP contribution in [-0.2, 0) is 0 Å². The van der Waals surface area contributed by atoms with Gasteiger partial charge >= 0.3 is 0 Å². The highest BCUT2D eigenvalue weighted by atomic mass is 79.9. The third-order valence-corrected chi connectivity index (χ3v) is 3.93. The predicted octanol–water partition coefficient (Wildman–Crippen LogP) is 5.44. The Morgan fingerprint density at radius 2 is 1.86 bits per heavy atom. The Bertz CT molecular complexity index is 865. The van der Waals surface area contributed by atoms with Crippen LogP contribution in [0.25, 0.3) is 22.2 Å². The third kappa shape index (κ3) is 2.59. The first-order valence-corrected chi connectivity index (χ1v) is 7.25. The predicted molar refractivity (Wildman–Crippen MR) is 82.3 cm³/mol. The fourth-order valence-corrected chi connectivity index (χ4v) is 2.72. The maximum Gasteiger partial charge on any atom is 0.266 e. The Balaban J connectivity index is 2.26. The molecule has 0 aliphatic carbocycles. The zero-order valence-electron chi connectivity index (χ0n) is 11.4. The molecule has 1 heterocycles. The first-order chi connectivity index (χ1) is 10.5. The fourth-order valence-electron chi connectivity index (χ4n) is 2.37. The molecule has 6 heteroatoms. The highest BCUT2D eigenvalue weighted by Crippen LogP contribution is 2.33. The van der Waals surface area contributed by atoms with Gasteiger partial charge in [0, 0.05) is 15.4 Å². The lowest BCUT2D eigenvalue weighted by atomic mass is 9.99. The van der Waals surface area contributed by atoms with Gasteiger partial charge in [0.15, 0.2) is 0 Å². The molecule has 2 nitrogen and oxygen atoms in total. The molecule has 112 valence electrons. The molecule has 0 atom stereocenters. The van der Waals surface area contributed by atoms with Crippen molar-refractivity contribution in [2.75, 3.05) is 0 Å². The average molecular weight is 367 g/mol. The van der Waals surface area contributed by atoms with Gasteiger partial charge in [0.2, 0.25) is 0 Å². The zero-order chi connectivity index (χ0) is 15.9. The Hall–Kier alpha value is -1.95. The first-order valence-electron chi connectivity index (χ1n) is 6.46. The van der Waals surface area contributed by atoms with Crippen LogP contribution in [-0.4, -0.2) is 9.97 Å². The summed E-state index contributed by atoms with van der Waals surface area (Å²) in [4.78, 5) is 8.37. The lowest BCUT2D eigenvalue weighted by Crippen LogP contribution is -1.97. The number of alkyl halides is 2. The van der Waals surface area contributed by atoms with Gasteiger partial charge in [0.25, 0.3) is 6.43 Å². The Morgan fingerprint density at radius 1 is 1.09 bits per heavy atom. The molecule has 0 saturated carbocycles. The van der Waals surface area contributed by atoms with Gasteiger partial charge in [-0.3, -0.25) is 0 Å². The summed E-state index contributed by atoms with van der Waals surface area (Å²) in [6.07, 6.45) is -1.46. The molecule has 0 N–H and O–H groups in total. The molecule has 0 aliphatic rings. The number of nitrogens with zero attached hydrogens (tertiary/aromatic N) is 2. The van der Waals surface area contributed by atoms with Crippen LogP contribution in [0.3, 0.4) is 0 Å². The molecule has 1 aromatic heterocycles. The normalized spacial score (nSPS) is 11.4. The topological polar surface area (TPSA) is 25.8 Å². The Kier molecular flexibility index (Phi) is 3.87. The molecule has 0 amide bonds. The number of fused-ring (bicyclic) bond motifs is 1. The summed E-state index contributed by atoms with van der Waals surface area (Å²) in [5.41, 5.74) is 1.64. The van der Waals surface area contributed by atoms with Crippen LogP contribution in [0.2, 0.25) is 0 Å². The standard InChI is InChI=1S/C16H10BrF3N2/c1-8-4-12(16(19)20)13(18)6-11(8)15-10-3-2-9(17)5-14(10)21-7-22-15/h2-7,16H,1H3. The number of hydrogen-bond acceptors (Lipinski definition) is 2. The van der Waals surface area contributed by atoms with Crippen molar-refractivity contribution in [1.29, 1.82) is 0 Å². The van der Waals surface area contributed by atoms with Crippen molar-refractivity contribution in [2.24, 2.45) is 0 Å². The van der Waals surface area contributed by atoms with E-state index in [0.717, 1.165) is 15.9 Å².